The predicted molar refractivity (Wildman–Crippen MR) is 80.5 cm³/mol. The average Bonchev–Trinajstić information content (AvgIpc) is 2.85. The van der Waals surface area contributed by atoms with Gasteiger partial charge in [0.25, 0.3) is 5.91 Å². The van der Waals surface area contributed by atoms with Crippen molar-refractivity contribution in [3.63, 3.8) is 0 Å². The zero-order valence-electron chi connectivity index (χ0n) is 11.6. The van der Waals surface area contributed by atoms with Crippen LogP contribution in [0.15, 0.2) is 54.6 Å². The Hall–Kier alpha value is -2.62. The Bertz CT molecular complexity index is 793. The topological polar surface area (TPSA) is 34.0 Å². The maximum atomic E-state index is 13.7. The molecule has 1 N–H and O–H groups in total. The van der Waals surface area contributed by atoms with Crippen molar-refractivity contribution in [1.82, 2.24) is 9.88 Å². The minimum absolute atomic E-state index is 0.211. The molecule has 2 aromatic carbocycles. The summed E-state index contributed by atoms with van der Waals surface area (Å²) in [5.41, 5.74) is 2.18. The number of amides is 1. The molecule has 0 bridgehead atoms. The molecule has 1 amide bonds. The number of carbonyl (C=O) groups is 1. The molecule has 0 unspecified atom stereocenters. The molecule has 3 aromatic rings. The Labute approximate surface area is 122 Å². The maximum absolute atomic E-state index is 13.7. The fraction of sp³-hybridized carbons (Fsp3) is 0.118. The van der Waals surface area contributed by atoms with Crippen LogP contribution in [0.5, 0.6) is 0 Å². The van der Waals surface area contributed by atoms with E-state index < -0.39 is 0 Å². The van der Waals surface area contributed by atoms with Crippen molar-refractivity contribution in [2.24, 2.45) is 7.05 Å². The molecule has 0 saturated carbocycles. The third-order valence-electron chi connectivity index (χ3n) is 3.56. The second kappa shape index (κ2) is 5.40. The number of rotatable bonds is 3. The molecule has 0 spiro atoms. The molecule has 0 radical (unpaired) electrons. The fourth-order valence-electron chi connectivity index (χ4n) is 2.41. The monoisotopic (exact) mass is 282 g/mol. The summed E-state index contributed by atoms with van der Waals surface area (Å²) < 4.78 is 15.5. The molecule has 0 fully saturated rings. The van der Waals surface area contributed by atoms with Gasteiger partial charge in [0.15, 0.2) is 0 Å². The van der Waals surface area contributed by atoms with Gasteiger partial charge in [0, 0.05) is 19.0 Å². The van der Waals surface area contributed by atoms with Gasteiger partial charge in [-0.2, -0.15) is 0 Å². The first-order valence-electron chi connectivity index (χ1n) is 6.73. The lowest BCUT2D eigenvalue weighted by atomic mass is 10.2. The number of hydrogen-bond donors (Lipinski definition) is 1. The molecule has 1 heterocycles. The van der Waals surface area contributed by atoms with Crippen molar-refractivity contribution in [3.05, 3.63) is 71.7 Å². The molecule has 106 valence electrons. The standard InChI is InChI=1S/C17H15FN2O/c1-20-15-9-5-8-14(18)13(15)10-16(20)17(21)19-11-12-6-3-2-4-7-12/h2-10H,11H2,1H3,(H,19,21). The van der Waals surface area contributed by atoms with Crippen LogP contribution in [-0.2, 0) is 13.6 Å². The van der Waals surface area contributed by atoms with Crippen LogP contribution in [-0.4, -0.2) is 10.5 Å². The van der Waals surface area contributed by atoms with Gasteiger partial charge in [-0.15, -0.1) is 0 Å². The highest BCUT2D eigenvalue weighted by Gasteiger charge is 2.14. The quantitative estimate of drug-likeness (QED) is 0.786. The molecule has 0 atom stereocenters. The zero-order chi connectivity index (χ0) is 14.8. The Kier molecular flexibility index (Phi) is 3.44. The zero-order valence-corrected chi connectivity index (χ0v) is 11.6. The number of carbonyl (C=O) groups excluding carboxylic acids is 1. The highest BCUT2D eigenvalue weighted by atomic mass is 19.1. The van der Waals surface area contributed by atoms with Crippen LogP contribution in [0.25, 0.3) is 10.9 Å². The van der Waals surface area contributed by atoms with E-state index in [-0.39, 0.29) is 11.7 Å². The van der Waals surface area contributed by atoms with Gasteiger partial charge in [-0.1, -0.05) is 36.4 Å². The van der Waals surface area contributed by atoms with Crippen LogP contribution in [0, 0.1) is 5.82 Å². The van der Waals surface area contributed by atoms with E-state index in [1.807, 2.05) is 30.3 Å². The van der Waals surface area contributed by atoms with Crippen LogP contribution >= 0.6 is 0 Å². The van der Waals surface area contributed by atoms with Gasteiger partial charge in [0.1, 0.15) is 11.5 Å². The van der Waals surface area contributed by atoms with E-state index in [9.17, 15) is 9.18 Å². The summed E-state index contributed by atoms with van der Waals surface area (Å²) in [5, 5.41) is 3.32. The first kappa shape index (κ1) is 13.4. The number of nitrogens with one attached hydrogen (secondary N) is 1. The molecule has 0 aliphatic carbocycles. The molecule has 1 aromatic heterocycles. The lowest BCUT2D eigenvalue weighted by Crippen LogP contribution is -2.24. The Morgan fingerprint density at radius 1 is 1.14 bits per heavy atom. The second-order valence-corrected chi connectivity index (χ2v) is 4.93. The third kappa shape index (κ3) is 2.52. The van der Waals surface area contributed by atoms with Crippen molar-refractivity contribution in [1.29, 1.82) is 0 Å². The number of halogens is 1. The van der Waals surface area contributed by atoms with Crippen LogP contribution < -0.4 is 5.32 Å². The van der Waals surface area contributed by atoms with E-state index >= 15 is 0 Å². The fourth-order valence-corrected chi connectivity index (χ4v) is 2.41. The van der Waals surface area contributed by atoms with Gasteiger partial charge < -0.3 is 9.88 Å². The highest BCUT2D eigenvalue weighted by Crippen LogP contribution is 2.21. The summed E-state index contributed by atoms with van der Waals surface area (Å²) in [6, 6.07) is 16.1. The van der Waals surface area contributed by atoms with Gasteiger partial charge in [0.2, 0.25) is 0 Å². The van der Waals surface area contributed by atoms with Crippen molar-refractivity contribution < 1.29 is 9.18 Å². The molecule has 21 heavy (non-hydrogen) atoms. The number of hydrogen-bond acceptors (Lipinski definition) is 1. The number of aryl methyl sites for hydroxylation is 1. The molecule has 0 saturated heterocycles. The maximum Gasteiger partial charge on any atom is 0.268 e. The van der Waals surface area contributed by atoms with E-state index in [1.54, 1.807) is 29.8 Å². The summed E-state index contributed by atoms with van der Waals surface area (Å²) in [5.74, 6) is -0.526. The normalized spacial score (nSPS) is 10.8. The van der Waals surface area contributed by atoms with Gasteiger partial charge in [-0.05, 0) is 23.8 Å². The Morgan fingerprint density at radius 2 is 1.90 bits per heavy atom. The molecule has 0 aliphatic rings. The van der Waals surface area contributed by atoms with Crippen LogP contribution in [0.1, 0.15) is 16.1 Å². The third-order valence-corrected chi connectivity index (χ3v) is 3.56. The van der Waals surface area contributed by atoms with E-state index in [0.717, 1.165) is 5.56 Å². The van der Waals surface area contributed by atoms with Crippen LogP contribution in [0.4, 0.5) is 4.39 Å². The lowest BCUT2D eigenvalue weighted by Gasteiger charge is -2.06. The summed E-state index contributed by atoms with van der Waals surface area (Å²) in [6.07, 6.45) is 0. The number of benzene rings is 2. The number of nitrogens with zero attached hydrogens (tertiary/aromatic N) is 1. The molecule has 3 nitrogen and oxygen atoms in total. The van der Waals surface area contributed by atoms with E-state index in [0.29, 0.717) is 23.1 Å². The first-order valence-corrected chi connectivity index (χ1v) is 6.73. The lowest BCUT2D eigenvalue weighted by molar-refractivity contribution is 0.0943. The first-order chi connectivity index (χ1) is 10.2. The van der Waals surface area contributed by atoms with Crippen molar-refractivity contribution in [3.8, 4) is 0 Å². The van der Waals surface area contributed by atoms with Gasteiger partial charge in [-0.3, -0.25) is 4.79 Å². The van der Waals surface area contributed by atoms with Gasteiger partial charge in [-0.25, -0.2) is 4.39 Å². The minimum Gasteiger partial charge on any atom is -0.347 e. The SMILES string of the molecule is Cn1c(C(=O)NCc2ccccc2)cc2c(F)cccc21. The molecule has 3 rings (SSSR count). The summed E-state index contributed by atoms with van der Waals surface area (Å²) >= 11 is 0. The van der Waals surface area contributed by atoms with Crippen molar-refractivity contribution >= 4 is 16.8 Å². The Balaban J connectivity index is 1.85. The van der Waals surface area contributed by atoms with E-state index in [1.165, 1.54) is 6.07 Å². The van der Waals surface area contributed by atoms with Crippen LogP contribution in [0.2, 0.25) is 0 Å². The average molecular weight is 282 g/mol. The summed E-state index contributed by atoms with van der Waals surface area (Å²) in [4.78, 5) is 12.3. The van der Waals surface area contributed by atoms with Crippen LogP contribution in [0.3, 0.4) is 0 Å². The summed E-state index contributed by atoms with van der Waals surface area (Å²) in [7, 11) is 1.76. The van der Waals surface area contributed by atoms with Crippen molar-refractivity contribution in [2.75, 3.05) is 0 Å². The van der Waals surface area contributed by atoms with Gasteiger partial charge >= 0.3 is 0 Å². The number of fused-ring (bicyclic) bond motifs is 1. The molecule has 4 heteroatoms. The summed E-state index contributed by atoms with van der Waals surface area (Å²) in [6.45, 7) is 0.448. The van der Waals surface area contributed by atoms with Gasteiger partial charge in [0.05, 0.1) is 5.52 Å². The van der Waals surface area contributed by atoms with Crippen molar-refractivity contribution in [2.45, 2.75) is 6.54 Å². The molecular weight excluding hydrogens is 267 g/mol. The molecular formula is C17H15FN2O. The smallest absolute Gasteiger partial charge is 0.268 e. The largest absolute Gasteiger partial charge is 0.347 e. The predicted octanol–water partition coefficient (Wildman–Crippen LogP) is 3.25. The van der Waals surface area contributed by atoms with E-state index in [2.05, 4.69) is 5.32 Å². The second-order valence-electron chi connectivity index (χ2n) is 4.93. The van der Waals surface area contributed by atoms with E-state index in [4.69, 9.17) is 0 Å². The minimum atomic E-state index is -0.315. The Morgan fingerprint density at radius 3 is 2.62 bits per heavy atom. The highest BCUT2D eigenvalue weighted by molar-refractivity contribution is 5.98. The number of aromatic nitrogens is 1. The molecule has 0 aliphatic heterocycles.